The molecule has 0 spiro atoms. The molecular weight excluding hydrogens is 227 g/mol. The average Bonchev–Trinajstić information content (AvgIpc) is 2.28. The highest BCUT2D eigenvalue weighted by molar-refractivity contribution is 5.84. The highest BCUT2D eigenvalue weighted by Crippen LogP contribution is 2.24. The van der Waals surface area contributed by atoms with Gasteiger partial charge in [0.05, 0.1) is 12.5 Å². The Morgan fingerprint density at radius 3 is 2.88 bits per heavy atom. The summed E-state index contributed by atoms with van der Waals surface area (Å²) < 4.78 is 18.5. The van der Waals surface area contributed by atoms with Crippen LogP contribution in [0.15, 0.2) is 18.2 Å². The number of ether oxygens (including phenoxy) is 1. The minimum absolute atomic E-state index is 0.0203. The Labute approximate surface area is 95.9 Å². The Balaban J connectivity index is 2.67. The van der Waals surface area contributed by atoms with E-state index < -0.39 is 11.8 Å². The van der Waals surface area contributed by atoms with Gasteiger partial charge in [-0.05, 0) is 12.1 Å². The Bertz CT molecular complexity index is 586. The normalized spacial score (nSPS) is 10.5. The molecule has 0 bridgehead atoms. The van der Waals surface area contributed by atoms with Gasteiger partial charge >= 0.3 is 5.97 Å². The van der Waals surface area contributed by atoms with Crippen molar-refractivity contribution in [2.75, 3.05) is 7.11 Å². The Hall–Kier alpha value is -2.24. The SMILES string of the molecule is COc1nc(CC(=O)O)nc2c(F)cccc12. The van der Waals surface area contributed by atoms with Gasteiger partial charge in [0.2, 0.25) is 5.88 Å². The van der Waals surface area contributed by atoms with Crippen molar-refractivity contribution in [1.82, 2.24) is 9.97 Å². The zero-order valence-corrected chi connectivity index (χ0v) is 8.98. The molecule has 1 N–H and O–H groups in total. The van der Waals surface area contributed by atoms with Crippen LogP contribution in [0.25, 0.3) is 10.9 Å². The second-order valence-electron chi connectivity index (χ2n) is 3.36. The Kier molecular flexibility index (Phi) is 2.86. The molecule has 1 aromatic heterocycles. The molecule has 88 valence electrons. The molecule has 0 fully saturated rings. The van der Waals surface area contributed by atoms with Crippen molar-refractivity contribution < 1.29 is 19.0 Å². The van der Waals surface area contributed by atoms with Gasteiger partial charge in [0, 0.05) is 0 Å². The van der Waals surface area contributed by atoms with E-state index in [4.69, 9.17) is 9.84 Å². The third kappa shape index (κ3) is 2.15. The number of carboxylic acid groups (broad SMARTS) is 1. The number of hydrogen-bond acceptors (Lipinski definition) is 4. The minimum atomic E-state index is -1.08. The first-order valence-corrected chi connectivity index (χ1v) is 4.82. The van der Waals surface area contributed by atoms with E-state index >= 15 is 0 Å². The highest BCUT2D eigenvalue weighted by Gasteiger charge is 2.13. The van der Waals surface area contributed by atoms with Crippen LogP contribution in [0.3, 0.4) is 0 Å². The van der Waals surface area contributed by atoms with Crippen LogP contribution >= 0.6 is 0 Å². The molecule has 2 rings (SSSR count). The zero-order valence-electron chi connectivity index (χ0n) is 8.98. The number of carbonyl (C=O) groups is 1. The summed E-state index contributed by atoms with van der Waals surface area (Å²) >= 11 is 0. The van der Waals surface area contributed by atoms with Crippen molar-refractivity contribution in [3.05, 3.63) is 29.8 Å². The molecule has 1 heterocycles. The van der Waals surface area contributed by atoms with Crippen LogP contribution < -0.4 is 4.74 Å². The monoisotopic (exact) mass is 236 g/mol. The lowest BCUT2D eigenvalue weighted by molar-refractivity contribution is -0.136. The van der Waals surface area contributed by atoms with Crippen molar-refractivity contribution in [1.29, 1.82) is 0 Å². The van der Waals surface area contributed by atoms with Crippen LogP contribution in [0.1, 0.15) is 5.82 Å². The molecule has 0 saturated heterocycles. The second-order valence-corrected chi connectivity index (χ2v) is 3.36. The van der Waals surface area contributed by atoms with Gasteiger partial charge in [0.25, 0.3) is 0 Å². The maximum absolute atomic E-state index is 13.5. The number of nitrogens with zero attached hydrogens (tertiary/aromatic N) is 2. The van der Waals surface area contributed by atoms with Crippen LogP contribution in [0, 0.1) is 5.82 Å². The molecule has 0 amide bonds. The smallest absolute Gasteiger partial charge is 0.311 e. The summed E-state index contributed by atoms with van der Waals surface area (Å²) in [4.78, 5) is 18.4. The van der Waals surface area contributed by atoms with Gasteiger partial charge in [-0.2, -0.15) is 4.98 Å². The number of benzene rings is 1. The quantitative estimate of drug-likeness (QED) is 0.872. The Morgan fingerprint density at radius 2 is 2.24 bits per heavy atom. The number of aromatic nitrogens is 2. The fraction of sp³-hybridized carbons (Fsp3) is 0.182. The predicted molar refractivity (Wildman–Crippen MR) is 57.4 cm³/mol. The summed E-state index contributed by atoms with van der Waals surface area (Å²) in [6.45, 7) is 0. The fourth-order valence-corrected chi connectivity index (χ4v) is 1.50. The van der Waals surface area contributed by atoms with E-state index in [9.17, 15) is 9.18 Å². The minimum Gasteiger partial charge on any atom is -0.481 e. The summed E-state index contributed by atoms with van der Waals surface area (Å²) in [7, 11) is 1.39. The maximum Gasteiger partial charge on any atom is 0.311 e. The van der Waals surface area contributed by atoms with E-state index in [0.29, 0.717) is 5.39 Å². The van der Waals surface area contributed by atoms with Crippen LogP contribution in [0.4, 0.5) is 4.39 Å². The van der Waals surface area contributed by atoms with Gasteiger partial charge in [-0.25, -0.2) is 9.37 Å². The molecule has 0 aliphatic rings. The third-order valence-corrected chi connectivity index (χ3v) is 2.19. The molecule has 0 aliphatic carbocycles. The van der Waals surface area contributed by atoms with Crippen molar-refractivity contribution in [2.45, 2.75) is 6.42 Å². The molecule has 5 nitrogen and oxygen atoms in total. The number of carboxylic acids is 1. The topological polar surface area (TPSA) is 72.3 Å². The second kappa shape index (κ2) is 4.32. The first-order valence-electron chi connectivity index (χ1n) is 4.82. The lowest BCUT2D eigenvalue weighted by atomic mass is 10.2. The summed E-state index contributed by atoms with van der Waals surface area (Å²) in [5, 5.41) is 9.08. The number of fused-ring (bicyclic) bond motifs is 1. The lowest BCUT2D eigenvalue weighted by Gasteiger charge is -2.06. The van der Waals surface area contributed by atoms with Crippen molar-refractivity contribution in [3.63, 3.8) is 0 Å². The summed E-state index contributed by atoms with van der Waals surface area (Å²) in [5.41, 5.74) is 0.0654. The molecule has 1 aromatic carbocycles. The number of rotatable bonds is 3. The van der Waals surface area contributed by atoms with Crippen LogP contribution in [-0.2, 0) is 11.2 Å². The van der Waals surface area contributed by atoms with Crippen molar-refractivity contribution in [2.24, 2.45) is 0 Å². The van der Waals surface area contributed by atoms with Gasteiger partial charge in [0.1, 0.15) is 23.6 Å². The molecule has 0 unspecified atom stereocenters. The van der Waals surface area contributed by atoms with Crippen LogP contribution in [-0.4, -0.2) is 28.2 Å². The third-order valence-electron chi connectivity index (χ3n) is 2.19. The van der Waals surface area contributed by atoms with Crippen molar-refractivity contribution >= 4 is 16.9 Å². The van der Waals surface area contributed by atoms with Gasteiger partial charge in [0.15, 0.2) is 0 Å². The van der Waals surface area contributed by atoms with E-state index in [1.54, 1.807) is 6.07 Å². The average molecular weight is 236 g/mol. The van der Waals surface area contributed by atoms with Crippen LogP contribution in [0.5, 0.6) is 5.88 Å². The largest absolute Gasteiger partial charge is 0.481 e. The molecule has 0 aliphatic heterocycles. The molecule has 2 aromatic rings. The first kappa shape index (κ1) is 11.3. The van der Waals surface area contributed by atoms with Gasteiger partial charge in [-0.3, -0.25) is 4.79 Å². The summed E-state index contributed by atoms with van der Waals surface area (Å²) in [5.74, 6) is -1.42. The molecule has 6 heteroatoms. The maximum atomic E-state index is 13.5. The number of halogens is 1. The standard InChI is InChI=1S/C11H9FN2O3/c1-17-11-6-3-2-4-7(12)10(6)13-8(14-11)5-9(15)16/h2-4H,5H2,1H3,(H,15,16). The van der Waals surface area contributed by atoms with Gasteiger partial charge in [-0.1, -0.05) is 6.07 Å². The number of hydrogen-bond donors (Lipinski definition) is 1. The summed E-state index contributed by atoms with van der Waals surface area (Å²) in [6, 6.07) is 4.38. The van der Waals surface area contributed by atoms with E-state index in [0.717, 1.165) is 0 Å². The number of methoxy groups -OCH3 is 1. The molecule has 17 heavy (non-hydrogen) atoms. The van der Waals surface area contributed by atoms with E-state index in [1.807, 2.05) is 0 Å². The Morgan fingerprint density at radius 1 is 1.47 bits per heavy atom. The van der Waals surface area contributed by atoms with Gasteiger partial charge in [-0.15, -0.1) is 0 Å². The number of para-hydroxylation sites is 1. The van der Waals surface area contributed by atoms with E-state index in [-0.39, 0.29) is 23.6 Å². The van der Waals surface area contributed by atoms with Crippen LogP contribution in [0.2, 0.25) is 0 Å². The molecule has 0 radical (unpaired) electrons. The highest BCUT2D eigenvalue weighted by atomic mass is 19.1. The van der Waals surface area contributed by atoms with Crippen molar-refractivity contribution in [3.8, 4) is 5.88 Å². The van der Waals surface area contributed by atoms with E-state index in [1.165, 1.54) is 19.2 Å². The zero-order chi connectivity index (χ0) is 12.4. The number of aliphatic carboxylic acids is 1. The van der Waals surface area contributed by atoms with E-state index in [2.05, 4.69) is 9.97 Å². The molecule has 0 atom stereocenters. The molecular formula is C11H9FN2O3. The lowest BCUT2D eigenvalue weighted by Crippen LogP contribution is -2.07. The predicted octanol–water partition coefficient (Wildman–Crippen LogP) is 1.40. The first-order chi connectivity index (χ1) is 8.11. The summed E-state index contributed by atoms with van der Waals surface area (Å²) in [6.07, 6.45) is -0.374. The fourth-order valence-electron chi connectivity index (χ4n) is 1.50. The molecule has 0 saturated carbocycles. The van der Waals surface area contributed by atoms with Gasteiger partial charge < -0.3 is 9.84 Å².